The third-order valence-electron chi connectivity index (χ3n) is 4.34. The Kier molecular flexibility index (Phi) is 4.47. The van der Waals surface area contributed by atoms with Crippen molar-refractivity contribution in [2.24, 2.45) is 4.99 Å². The number of carbonyl (C=O) groups is 1. The van der Waals surface area contributed by atoms with Gasteiger partial charge in [0.1, 0.15) is 0 Å². The molecule has 4 aromatic rings. The zero-order valence-electron chi connectivity index (χ0n) is 14.5. The van der Waals surface area contributed by atoms with E-state index in [4.69, 9.17) is 6.42 Å². The summed E-state index contributed by atoms with van der Waals surface area (Å²) in [5.41, 5.74) is 1.18. The molecule has 0 aliphatic carbocycles. The zero-order valence-corrected chi connectivity index (χ0v) is 15.3. The summed E-state index contributed by atoms with van der Waals surface area (Å²) >= 11 is 1.20. The fraction of sp³-hybridized carbons (Fsp3) is 0.0476. The van der Waals surface area contributed by atoms with E-state index >= 15 is 0 Å². The Morgan fingerprint density at radius 2 is 1.96 bits per heavy atom. The van der Waals surface area contributed by atoms with Gasteiger partial charge in [0.05, 0.1) is 21.7 Å². The molecule has 6 nitrogen and oxygen atoms in total. The molecule has 0 aliphatic heterocycles. The number of hydrogen-bond donors (Lipinski definition) is 0. The molecule has 0 aliphatic rings. The van der Waals surface area contributed by atoms with Crippen LogP contribution in [0.1, 0.15) is 10.4 Å². The van der Waals surface area contributed by atoms with Gasteiger partial charge in [-0.15, -0.1) is 6.42 Å². The maximum Gasteiger partial charge on any atom is 0.280 e. The molecule has 0 radical (unpaired) electrons. The van der Waals surface area contributed by atoms with Gasteiger partial charge >= 0.3 is 0 Å². The molecule has 0 N–H and O–H groups in total. The number of amides is 1. The molecular weight excluding hydrogens is 374 g/mol. The highest BCUT2D eigenvalue weighted by molar-refractivity contribution is 7.16. The van der Waals surface area contributed by atoms with Gasteiger partial charge in [-0.25, -0.2) is 0 Å². The average molecular weight is 387 g/mol. The van der Waals surface area contributed by atoms with Crippen LogP contribution in [0.15, 0.2) is 65.7 Å². The second kappa shape index (κ2) is 7.10. The highest BCUT2D eigenvalue weighted by atomic mass is 32.1. The van der Waals surface area contributed by atoms with Crippen LogP contribution in [0.25, 0.3) is 21.0 Å². The number of nitrogens with zero attached hydrogens (tertiary/aromatic N) is 3. The van der Waals surface area contributed by atoms with E-state index in [2.05, 4.69) is 10.9 Å². The Hall–Kier alpha value is -3.76. The quantitative estimate of drug-likeness (QED) is 0.301. The van der Waals surface area contributed by atoms with E-state index in [0.29, 0.717) is 20.6 Å². The minimum absolute atomic E-state index is 0.0199. The van der Waals surface area contributed by atoms with Crippen molar-refractivity contribution in [3.05, 3.63) is 81.1 Å². The van der Waals surface area contributed by atoms with Crippen LogP contribution < -0.4 is 4.80 Å². The number of hydrogen-bond acceptors (Lipinski definition) is 4. The predicted octanol–water partition coefficient (Wildman–Crippen LogP) is 4.14. The first-order valence-corrected chi connectivity index (χ1v) is 9.18. The number of benzene rings is 3. The Bertz CT molecular complexity index is 1350. The minimum atomic E-state index is -0.456. The lowest BCUT2D eigenvalue weighted by Gasteiger charge is -2.03. The highest BCUT2D eigenvalue weighted by Gasteiger charge is 2.14. The smallest absolute Gasteiger partial charge is 0.280 e. The number of carbonyl (C=O) groups excluding carboxylic acids is 1. The third kappa shape index (κ3) is 3.06. The number of nitro groups is 1. The number of non-ortho nitro benzene ring substituents is 1. The van der Waals surface area contributed by atoms with Crippen LogP contribution in [0.5, 0.6) is 0 Å². The SMILES string of the molecule is C#CCn1c(=NC(=O)c2cccc3ccccc23)sc2cc([N+](=O)[O-])ccc21. The molecule has 0 saturated heterocycles. The third-order valence-corrected chi connectivity index (χ3v) is 5.38. The van der Waals surface area contributed by atoms with Crippen molar-refractivity contribution < 1.29 is 9.72 Å². The second-order valence-electron chi connectivity index (χ2n) is 6.03. The van der Waals surface area contributed by atoms with Gasteiger partial charge in [0, 0.05) is 17.7 Å². The van der Waals surface area contributed by atoms with Gasteiger partial charge in [0.15, 0.2) is 4.80 Å². The Morgan fingerprint density at radius 1 is 1.18 bits per heavy atom. The summed E-state index contributed by atoms with van der Waals surface area (Å²) in [6, 6.07) is 17.6. The molecule has 7 heteroatoms. The predicted molar refractivity (Wildman–Crippen MR) is 109 cm³/mol. The molecule has 0 fully saturated rings. The van der Waals surface area contributed by atoms with Gasteiger partial charge in [-0.2, -0.15) is 4.99 Å². The van der Waals surface area contributed by atoms with Crippen molar-refractivity contribution in [3.8, 4) is 12.3 Å². The van der Waals surface area contributed by atoms with Crippen LogP contribution in [-0.4, -0.2) is 15.4 Å². The fourth-order valence-electron chi connectivity index (χ4n) is 3.06. The monoisotopic (exact) mass is 387 g/mol. The number of nitro benzene ring substituents is 1. The zero-order chi connectivity index (χ0) is 19.7. The van der Waals surface area contributed by atoms with E-state index in [0.717, 1.165) is 10.8 Å². The molecule has 3 aromatic carbocycles. The fourth-order valence-corrected chi connectivity index (χ4v) is 4.12. The van der Waals surface area contributed by atoms with Crippen LogP contribution in [0.4, 0.5) is 5.69 Å². The highest BCUT2D eigenvalue weighted by Crippen LogP contribution is 2.24. The summed E-state index contributed by atoms with van der Waals surface area (Å²) in [5, 5.41) is 12.8. The van der Waals surface area contributed by atoms with E-state index in [1.807, 2.05) is 36.4 Å². The lowest BCUT2D eigenvalue weighted by atomic mass is 10.0. The van der Waals surface area contributed by atoms with Crippen LogP contribution in [0, 0.1) is 22.5 Å². The van der Waals surface area contributed by atoms with Crippen molar-refractivity contribution in [1.29, 1.82) is 0 Å². The van der Waals surface area contributed by atoms with Crippen molar-refractivity contribution in [2.45, 2.75) is 6.54 Å². The van der Waals surface area contributed by atoms with Gasteiger partial charge in [-0.05, 0) is 22.9 Å². The van der Waals surface area contributed by atoms with E-state index in [9.17, 15) is 14.9 Å². The molecule has 0 atom stereocenters. The van der Waals surface area contributed by atoms with Crippen molar-refractivity contribution in [2.75, 3.05) is 0 Å². The molecule has 1 heterocycles. The summed E-state index contributed by atoms with van der Waals surface area (Å²) in [7, 11) is 0. The summed E-state index contributed by atoms with van der Waals surface area (Å²) in [4.78, 5) is 28.2. The topological polar surface area (TPSA) is 77.5 Å². The molecule has 1 amide bonds. The second-order valence-corrected chi connectivity index (χ2v) is 7.04. The van der Waals surface area contributed by atoms with Crippen LogP contribution in [0.2, 0.25) is 0 Å². The summed E-state index contributed by atoms with van der Waals surface area (Å²) < 4.78 is 2.36. The van der Waals surface area contributed by atoms with Gasteiger partial charge in [0.25, 0.3) is 11.6 Å². The summed E-state index contributed by atoms with van der Waals surface area (Å²) in [5.74, 6) is 2.16. The van der Waals surface area contributed by atoms with Crippen molar-refractivity contribution in [3.63, 3.8) is 0 Å². The molecule has 4 rings (SSSR count). The molecular formula is C21H13N3O3S. The molecule has 0 bridgehead atoms. The molecule has 0 spiro atoms. The molecule has 0 unspecified atom stereocenters. The van der Waals surface area contributed by atoms with E-state index in [1.54, 1.807) is 16.7 Å². The van der Waals surface area contributed by atoms with Gasteiger partial charge in [-0.1, -0.05) is 53.7 Å². The molecule has 28 heavy (non-hydrogen) atoms. The van der Waals surface area contributed by atoms with Crippen molar-refractivity contribution >= 4 is 43.9 Å². The van der Waals surface area contributed by atoms with Gasteiger partial charge in [0.2, 0.25) is 0 Å². The van der Waals surface area contributed by atoms with Gasteiger partial charge in [-0.3, -0.25) is 14.9 Å². The Morgan fingerprint density at radius 3 is 2.75 bits per heavy atom. The van der Waals surface area contributed by atoms with Crippen molar-refractivity contribution in [1.82, 2.24) is 4.57 Å². The number of terminal acetylenes is 1. The normalized spacial score (nSPS) is 11.6. The van der Waals surface area contributed by atoms with E-state index in [-0.39, 0.29) is 18.1 Å². The Labute approximate surface area is 163 Å². The molecule has 0 saturated carbocycles. The molecule has 136 valence electrons. The van der Waals surface area contributed by atoms with Crippen LogP contribution >= 0.6 is 11.3 Å². The maximum atomic E-state index is 12.9. The maximum absolute atomic E-state index is 12.9. The summed E-state index contributed by atoms with van der Waals surface area (Å²) in [6.45, 7) is 0.208. The standard InChI is InChI=1S/C21H13N3O3S/c1-2-12-23-18-11-10-15(24(26)27)13-19(18)28-21(23)22-20(25)17-9-5-7-14-6-3-4-8-16(14)17/h1,3-11,13H,12H2. The number of aromatic nitrogens is 1. The van der Waals surface area contributed by atoms with Gasteiger partial charge < -0.3 is 4.57 Å². The lowest BCUT2D eigenvalue weighted by molar-refractivity contribution is -0.384. The summed E-state index contributed by atoms with van der Waals surface area (Å²) in [6.07, 6.45) is 5.47. The number of thiazole rings is 1. The van der Waals surface area contributed by atoms with Crippen LogP contribution in [-0.2, 0) is 6.54 Å². The number of fused-ring (bicyclic) bond motifs is 2. The van der Waals surface area contributed by atoms with E-state index in [1.165, 1.54) is 23.5 Å². The Balaban J connectivity index is 1.90. The molecule has 1 aromatic heterocycles. The lowest BCUT2D eigenvalue weighted by Crippen LogP contribution is -2.16. The first-order chi connectivity index (χ1) is 13.6. The van der Waals surface area contributed by atoms with E-state index < -0.39 is 4.92 Å². The average Bonchev–Trinajstić information content (AvgIpc) is 3.04. The first-order valence-electron chi connectivity index (χ1n) is 8.36. The van der Waals surface area contributed by atoms with Crippen LogP contribution in [0.3, 0.4) is 0 Å². The first kappa shape index (κ1) is 17.6. The number of rotatable bonds is 3. The minimum Gasteiger partial charge on any atom is -0.305 e. The largest absolute Gasteiger partial charge is 0.305 e.